The summed E-state index contributed by atoms with van der Waals surface area (Å²) in [6.07, 6.45) is 1.45. The molecule has 11 nitrogen and oxygen atoms in total. The summed E-state index contributed by atoms with van der Waals surface area (Å²) in [6, 6.07) is 11.7. The quantitative estimate of drug-likeness (QED) is 0.181. The first-order chi connectivity index (χ1) is 21.6. The van der Waals surface area contributed by atoms with Crippen LogP contribution in [-0.2, 0) is 17.6 Å². The Morgan fingerprint density at radius 3 is 1.93 bits per heavy atom. The Kier molecular flexibility index (Phi) is 12.0. The lowest BCUT2D eigenvalue weighted by molar-refractivity contribution is -0.136. The lowest BCUT2D eigenvalue weighted by Gasteiger charge is -2.23. The van der Waals surface area contributed by atoms with Crippen molar-refractivity contribution in [1.29, 1.82) is 0 Å². The fourth-order valence-electron chi connectivity index (χ4n) is 4.82. The predicted molar refractivity (Wildman–Crippen MR) is 181 cm³/mol. The van der Waals surface area contributed by atoms with Crippen LogP contribution < -0.4 is 9.80 Å². The van der Waals surface area contributed by atoms with Gasteiger partial charge in [-0.05, 0) is 114 Å². The van der Waals surface area contributed by atoms with Gasteiger partial charge >= 0.3 is 11.9 Å². The van der Waals surface area contributed by atoms with E-state index in [2.05, 4.69) is 45.8 Å². The van der Waals surface area contributed by atoms with E-state index in [0.29, 0.717) is 36.0 Å². The standard InChI is InChI=1S/C24H30N4O3.C11H16N2O2/c1-7-17-12-18(10-15(4)20(17)8-9-22(29)30)23-26-24(31-27-23)19-11-16(5)25-21(13-19)28(6)14(2)3;1-7(2)13(4)10-6-9(11(14)15)5-8(3)12-10/h10-14H,7-9H2,1-6H3,(H,29,30);5-7H,1-4H3,(H,14,15). The number of anilines is 2. The minimum absolute atomic E-state index is 0.119. The number of hydrogen-bond donors (Lipinski definition) is 2. The van der Waals surface area contributed by atoms with Crippen LogP contribution in [0, 0.1) is 20.8 Å². The maximum Gasteiger partial charge on any atom is 0.335 e. The molecule has 0 radical (unpaired) electrons. The summed E-state index contributed by atoms with van der Waals surface area (Å²) in [5.74, 6) is 0.816. The molecule has 0 aliphatic rings. The summed E-state index contributed by atoms with van der Waals surface area (Å²) in [5, 5.41) is 22.2. The first kappa shape index (κ1) is 35.7. The number of aromatic carboxylic acids is 1. The van der Waals surface area contributed by atoms with Gasteiger partial charge in [0.15, 0.2) is 0 Å². The van der Waals surface area contributed by atoms with Crippen LogP contribution in [0.3, 0.4) is 0 Å². The number of aliphatic carboxylic acids is 1. The van der Waals surface area contributed by atoms with E-state index in [-0.39, 0.29) is 12.0 Å². The summed E-state index contributed by atoms with van der Waals surface area (Å²) in [6.45, 7) is 16.1. The topological polar surface area (TPSA) is 146 Å². The van der Waals surface area contributed by atoms with Crippen molar-refractivity contribution in [3.05, 3.63) is 70.0 Å². The van der Waals surface area contributed by atoms with Gasteiger partial charge in [0.25, 0.3) is 5.89 Å². The summed E-state index contributed by atoms with van der Waals surface area (Å²) >= 11 is 0. The van der Waals surface area contributed by atoms with Crippen molar-refractivity contribution in [2.75, 3.05) is 23.9 Å². The van der Waals surface area contributed by atoms with Gasteiger partial charge in [0, 0.05) is 55.1 Å². The highest BCUT2D eigenvalue weighted by atomic mass is 16.5. The van der Waals surface area contributed by atoms with Gasteiger partial charge in [-0.25, -0.2) is 14.8 Å². The second-order valence-corrected chi connectivity index (χ2v) is 12.0. The summed E-state index contributed by atoms with van der Waals surface area (Å²) in [5.41, 5.74) is 6.83. The van der Waals surface area contributed by atoms with Crippen molar-refractivity contribution in [3.63, 3.8) is 0 Å². The molecule has 11 heteroatoms. The molecule has 0 saturated carbocycles. The van der Waals surface area contributed by atoms with Crippen molar-refractivity contribution in [1.82, 2.24) is 20.1 Å². The molecule has 0 bridgehead atoms. The Labute approximate surface area is 271 Å². The smallest absolute Gasteiger partial charge is 0.335 e. The first-order valence-corrected chi connectivity index (χ1v) is 15.5. The maximum atomic E-state index is 11.0. The average Bonchev–Trinajstić information content (AvgIpc) is 3.49. The normalized spacial score (nSPS) is 11.0. The number of benzene rings is 1. The Hall–Kier alpha value is -4.80. The van der Waals surface area contributed by atoms with Crippen molar-refractivity contribution in [2.24, 2.45) is 0 Å². The molecule has 0 aliphatic carbocycles. The second kappa shape index (κ2) is 15.5. The third-order valence-corrected chi connectivity index (χ3v) is 7.86. The van der Waals surface area contributed by atoms with Gasteiger partial charge < -0.3 is 24.5 Å². The average molecular weight is 631 g/mol. The number of aryl methyl sites for hydroxylation is 4. The summed E-state index contributed by atoms with van der Waals surface area (Å²) in [7, 11) is 3.91. The molecular weight excluding hydrogens is 584 g/mol. The van der Waals surface area contributed by atoms with E-state index < -0.39 is 11.9 Å². The fraction of sp³-hybridized carbons (Fsp3) is 0.429. The van der Waals surface area contributed by atoms with Gasteiger partial charge in [-0.1, -0.05) is 12.1 Å². The lowest BCUT2D eigenvalue weighted by Crippen LogP contribution is -2.27. The van der Waals surface area contributed by atoms with Crippen LogP contribution in [0.4, 0.5) is 11.6 Å². The first-order valence-electron chi connectivity index (χ1n) is 15.5. The molecule has 0 aliphatic heterocycles. The monoisotopic (exact) mass is 630 g/mol. The minimum atomic E-state index is -0.918. The van der Waals surface area contributed by atoms with Crippen LogP contribution in [0.1, 0.15) is 79.5 Å². The minimum Gasteiger partial charge on any atom is -0.481 e. The molecule has 0 atom stereocenters. The van der Waals surface area contributed by atoms with E-state index in [1.54, 1.807) is 19.1 Å². The van der Waals surface area contributed by atoms with Crippen LogP contribution in [0.25, 0.3) is 22.8 Å². The number of carboxylic acid groups (broad SMARTS) is 2. The Morgan fingerprint density at radius 1 is 0.804 bits per heavy atom. The Morgan fingerprint density at radius 2 is 1.39 bits per heavy atom. The molecule has 3 heterocycles. The molecule has 3 aromatic heterocycles. The predicted octanol–water partition coefficient (Wildman–Crippen LogP) is 6.77. The number of nitrogens with zero attached hydrogens (tertiary/aromatic N) is 6. The molecule has 0 amide bonds. The van der Waals surface area contributed by atoms with Crippen molar-refractivity contribution < 1.29 is 24.3 Å². The van der Waals surface area contributed by atoms with Gasteiger partial charge in [-0.15, -0.1) is 0 Å². The number of pyridine rings is 2. The van der Waals surface area contributed by atoms with Crippen LogP contribution in [0.15, 0.2) is 40.9 Å². The number of carboxylic acids is 2. The van der Waals surface area contributed by atoms with Crippen molar-refractivity contribution in [3.8, 4) is 22.8 Å². The molecule has 0 spiro atoms. The lowest BCUT2D eigenvalue weighted by atomic mass is 9.93. The van der Waals surface area contributed by atoms with Gasteiger partial charge in [0.2, 0.25) is 5.82 Å². The molecular formula is C35H46N6O5. The molecule has 4 rings (SSSR count). The molecule has 0 unspecified atom stereocenters. The molecule has 246 valence electrons. The SMILES string of the molecule is CCc1cc(-c2noc(-c3cc(C)nc(N(C)C(C)C)c3)n2)cc(C)c1CCC(=O)O.Cc1cc(C(=O)O)cc(N(C)C(C)C)n1. The molecule has 1 aromatic carbocycles. The Bertz CT molecular complexity index is 1680. The third-order valence-electron chi connectivity index (χ3n) is 7.86. The highest BCUT2D eigenvalue weighted by molar-refractivity contribution is 5.88. The van der Waals surface area contributed by atoms with Crippen LogP contribution in [-0.4, -0.2) is 68.4 Å². The van der Waals surface area contributed by atoms with Gasteiger partial charge in [0.1, 0.15) is 11.6 Å². The van der Waals surface area contributed by atoms with Gasteiger partial charge in [-0.3, -0.25) is 4.79 Å². The largest absolute Gasteiger partial charge is 0.481 e. The molecule has 46 heavy (non-hydrogen) atoms. The molecule has 4 aromatic rings. The zero-order valence-corrected chi connectivity index (χ0v) is 28.5. The highest BCUT2D eigenvalue weighted by Gasteiger charge is 2.17. The third kappa shape index (κ3) is 9.12. The second-order valence-electron chi connectivity index (χ2n) is 12.0. The number of carbonyl (C=O) groups is 2. The number of aromatic nitrogens is 4. The van der Waals surface area contributed by atoms with Crippen molar-refractivity contribution in [2.45, 2.75) is 86.7 Å². The van der Waals surface area contributed by atoms with E-state index in [9.17, 15) is 9.59 Å². The zero-order chi connectivity index (χ0) is 34.3. The zero-order valence-electron chi connectivity index (χ0n) is 28.5. The highest BCUT2D eigenvalue weighted by Crippen LogP contribution is 2.29. The van der Waals surface area contributed by atoms with E-state index in [4.69, 9.17) is 14.7 Å². The van der Waals surface area contributed by atoms with E-state index >= 15 is 0 Å². The maximum absolute atomic E-state index is 11.0. The van der Waals surface area contributed by atoms with Crippen LogP contribution in [0.2, 0.25) is 0 Å². The van der Waals surface area contributed by atoms with Gasteiger partial charge in [-0.2, -0.15) is 4.98 Å². The molecule has 0 saturated heterocycles. The van der Waals surface area contributed by atoms with Gasteiger partial charge in [0.05, 0.1) is 5.56 Å². The Balaban J connectivity index is 0.000000322. The van der Waals surface area contributed by atoms with E-state index in [1.807, 2.05) is 71.0 Å². The fourth-order valence-corrected chi connectivity index (χ4v) is 4.82. The van der Waals surface area contributed by atoms with E-state index in [0.717, 1.165) is 51.4 Å². The van der Waals surface area contributed by atoms with Crippen LogP contribution in [0.5, 0.6) is 0 Å². The summed E-state index contributed by atoms with van der Waals surface area (Å²) in [4.78, 5) is 39.4. The van der Waals surface area contributed by atoms with Crippen molar-refractivity contribution >= 4 is 23.6 Å². The number of hydrogen-bond acceptors (Lipinski definition) is 9. The van der Waals surface area contributed by atoms with Crippen LogP contribution >= 0.6 is 0 Å². The molecule has 2 N–H and O–H groups in total. The summed E-state index contributed by atoms with van der Waals surface area (Å²) < 4.78 is 5.59. The number of rotatable bonds is 11. The molecule has 0 fully saturated rings. The van der Waals surface area contributed by atoms with E-state index in [1.165, 1.54) is 0 Å².